The summed E-state index contributed by atoms with van der Waals surface area (Å²) in [5, 5.41) is 1.33. The summed E-state index contributed by atoms with van der Waals surface area (Å²) in [5.74, 6) is 0.872. The van der Waals surface area contributed by atoms with Gasteiger partial charge < -0.3 is 9.47 Å². The molecule has 2 rings (SSSR count). The zero-order valence-electron chi connectivity index (χ0n) is 10.5. The maximum Gasteiger partial charge on any atom is 0.180 e. The molecule has 100 valence electrons. The van der Waals surface area contributed by atoms with Gasteiger partial charge in [0.1, 0.15) is 12.9 Å². The molecule has 0 fully saturated rings. The highest BCUT2D eigenvalue weighted by Crippen LogP contribution is 2.36. The Morgan fingerprint density at radius 1 is 1.47 bits per heavy atom. The maximum atomic E-state index is 10.8. The van der Waals surface area contributed by atoms with Crippen LogP contribution < -0.4 is 9.47 Å². The van der Waals surface area contributed by atoms with Crippen LogP contribution in [0, 0.1) is 6.92 Å². The van der Waals surface area contributed by atoms with Gasteiger partial charge in [0.15, 0.2) is 11.5 Å². The van der Waals surface area contributed by atoms with E-state index >= 15 is 0 Å². The first kappa shape index (κ1) is 13.8. The molecule has 1 aromatic heterocycles. The number of carbonyl (C=O) groups is 1. The first-order valence-electron chi connectivity index (χ1n) is 5.51. The number of thiazole rings is 1. The summed E-state index contributed by atoms with van der Waals surface area (Å²) in [6.07, 6.45) is 2.48. The zero-order valence-corrected chi connectivity index (χ0v) is 12.0. The fourth-order valence-corrected chi connectivity index (χ4v) is 2.55. The number of nitrogens with zero attached hydrogens (tertiary/aromatic N) is 1. The third-order valence-corrected chi connectivity index (χ3v) is 3.58. The van der Waals surface area contributed by atoms with Crippen LogP contribution in [0.5, 0.6) is 11.5 Å². The summed E-state index contributed by atoms with van der Waals surface area (Å²) in [6.45, 7) is 2.29. The lowest BCUT2D eigenvalue weighted by Gasteiger charge is -2.12. The normalized spacial score (nSPS) is 10.3. The molecule has 6 heteroatoms. The van der Waals surface area contributed by atoms with Gasteiger partial charge in [-0.05, 0) is 19.1 Å². The van der Waals surface area contributed by atoms with Crippen LogP contribution >= 0.6 is 22.9 Å². The van der Waals surface area contributed by atoms with E-state index < -0.39 is 0 Å². The monoisotopic (exact) mass is 297 g/mol. The molecule has 1 aromatic carbocycles. The number of aldehydes is 1. The van der Waals surface area contributed by atoms with Gasteiger partial charge in [-0.3, -0.25) is 4.79 Å². The maximum absolute atomic E-state index is 10.8. The van der Waals surface area contributed by atoms with Gasteiger partial charge in [-0.2, -0.15) is 0 Å². The summed E-state index contributed by atoms with van der Waals surface area (Å²) in [6, 6.07) is 3.14. The number of aryl methyl sites for hydroxylation is 1. The molecule has 0 aliphatic heterocycles. The van der Waals surface area contributed by atoms with Crippen LogP contribution in [-0.2, 0) is 6.61 Å². The van der Waals surface area contributed by atoms with E-state index in [9.17, 15) is 4.79 Å². The topological polar surface area (TPSA) is 48.4 Å². The van der Waals surface area contributed by atoms with Crippen LogP contribution in [0.25, 0.3) is 0 Å². The fraction of sp³-hybridized carbons (Fsp3) is 0.231. The van der Waals surface area contributed by atoms with E-state index in [1.165, 1.54) is 7.11 Å². The van der Waals surface area contributed by atoms with Gasteiger partial charge in [-0.15, -0.1) is 11.3 Å². The highest BCUT2D eigenvalue weighted by atomic mass is 35.5. The Balaban J connectivity index is 2.21. The molecule has 2 aromatic rings. The van der Waals surface area contributed by atoms with E-state index in [1.54, 1.807) is 29.7 Å². The van der Waals surface area contributed by atoms with Crippen molar-refractivity contribution in [3.05, 3.63) is 38.8 Å². The number of hydrogen-bond acceptors (Lipinski definition) is 5. The molecule has 0 N–H and O–H groups in total. The van der Waals surface area contributed by atoms with Crippen molar-refractivity contribution in [3.8, 4) is 11.5 Å². The van der Waals surface area contributed by atoms with Crippen LogP contribution in [0.1, 0.15) is 20.2 Å². The second-order valence-corrected chi connectivity index (χ2v) is 5.51. The van der Waals surface area contributed by atoms with Crippen molar-refractivity contribution >= 4 is 29.2 Å². The largest absolute Gasteiger partial charge is 0.493 e. The Hall–Kier alpha value is -1.59. The lowest BCUT2D eigenvalue weighted by Crippen LogP contribution is -1.98. The smallest absolute Gasteiger partial charge is 0.180 e. The SMILES string of the molecule is COc1cc(C=O)cc(Cl)c1OCc1cnc(C)s1. The minimum atomic E-state index is 0.350. The summed E-state index contributed by atoms with van der Waals surface area (Å²) < 4.78 is 10.8. The summed E-state index contributed by atoms with van der Waals surface area (Å²) in [4.78, 5) is 15.9. The van der Waals surface area contributed by atoms with E-state index in [-0.39, 0.29) is 0 Å². The van der Waals surface area contributed by atoms with E-state index in [4.69, 9.17) is 21.1 Å². The number of halogens is 1. The number of carbonyl (C=O) groups excluding carboxylic acids is 1. The fourth-order valence-electron chi connectivity index (χ4n) is 1.56. The Morgan fingerprint density at radius 3 is 2.84 bits per heavy atom. The highest BCUT2D eigenvalue weighted by molar-refractivity contribution is 7.11. The molecule has 0 atom stereocenters. The van der Waals surface area contributed by atoms with E-state index in [0.717, 1.165) is 9.88 Å². The average molecular weight is 298 g/mol. The molecule has 0 aliphatic carbocycles. The number of benzene rings is 1. The van der Waals surface area contributed by atoms with Crippen LogP contribution in [0.4, 0.5) is 0 Å². The number of methoxy groups -OCH3 is 1. The third kappa shape index (κ3) is 3.24. The third-order valence-electron chi connectivity index (χ3n) is 2.42. The van der Waals surface area contributed by atoms with Gasteiger partial charge >= 0.3 is 0 Å². The van der Waals surface area contributed by atoms with Crippen molar-refractivity contribution in [2.75, 3.05) is 7.11 Å². The molecular weight excluding hydrogens is 286 g/mol. The molecule has 19 heavy (non-hydrogen) atoms. The quantitative estimate of drug-likeness (QED) is 0.793. The van der Waals surface area contributed by atoms with Crippen molar-refractivity contribution in [3.63, 3.8) is 0 Å². The summed E-state index contributed by atoms with van der Waals surface area (Å²) in [5.41, 5.74) is 0.447. The van der Waals surface area contributed by atoms with E-state index in [2.05, 4.69) is 4.98 Å². The first-order valence-corrected chi connectivity index (χ1v) is 6.70. The number of ether oxygens (including phenoxy) is 2. The van der Waals surface area contributed by atoms with Crippen molar-refractivity contribution in [1.29, 1.82) is 0 Å². The molecule has 1 heterocycles. The molecule has 4 nitrogen and oxygen atoms in total. The van der Waals surface area contributed by atoms with Crippen LogP contribution in [0.15, 0.2) is 18.3 Å². The Morgan fingerprint density at radius 2 is 2.26 bits per heavy atom. The Kier molecular flexibility index (Phi) is 4.39. The Labute approximate surface area is 120 Å². The molecule has 0 radical (unpaired) electrons. The minimum Gasteiger partial charge on any atom is -0.493 e. The van der Waals surface area contributed by atoms with Crippen molar-refractivity contribution < 1.29 is 14.3 Å². The van der Waals surface area contributed by atoms with Crippen molar-refractivity contribution in [2.45, 2.75) is 13.5 Å². The molecule has 0 spiro atoms. The molecule has 0 aliphatic rings. The number of aromatic nitrogens is 1. The summed E-state index contributed by atoms with van der Waals surface area (Å²) >= 11 is 7.65. The molecule has 0 saturated carbocycles. The predicted molar refractivity (Wildman–Crippen MR) is 74.6 cm³/mol. The van der Waals surface area contributed by atoms with Gasteiger partial charge in [-0.25, -0.2) is 4.98 Å². The second-order valence-electron chi connectivity index (χ2n) is 3.79. The second kappa shape index (κ2) is 6.04. The van der Waals surface area contributed by atoms with Crippen LogP contribution in [0.3, 0.4) is 0 Å². The van der Waals surface area contributed by atoms with Gasteiger partial charge in [-0.1, -0.05) is 11.6 Å². The standard InChI is InChI=1S/C13H12ClNO3S/c1-8-15-5-10(19-8)7-18-13-11(14)3-9(6-16)4-12(13)17-2/h3-6H,7H2,1-2H3. The zero-order chi connectivity index (χ0) is 13.8. The molecule has 0 amide bonds. The Bertz CT molecular complexity index is 598. The summed E-state index contributed by atoms with van der Waals surface area (Å²) in [7, 11) is 1.50. The molecule has 0 bridgehead atoms. The number of hydrogen-bond donors (Lipinski definition) is 0. The number of rotatable bonds is 5. The van der Waals surface area contributed by atoms with Crippen molar-refractivity contribution in [1.82, 2.24) is 4.98 Å². The van der Waals surface area contributed by atoms with Gasteiger partial charge in [0.05, 0.1) is 22.0 Å². The van der Waals surface area contributed by atoms with E-state index in [0.29, 0.717) is 35.0 Å². The first-order chi connectivity index (χ1) is 9.13. The molecular formula is C13H12ClNO3S. The van der Waals surface area contributed by atoms with Crippen LogP contribution in [-0.4, -0.2) is 18.4 Å². The lowest BCUT2D eigenvalue weighted by atomic mass is 10.2. The molecule has 0 saturated heterocycles. The van der Waals surface area contributed by atoms with E-state index in [1.807, 2.05) is 6.92 Å². The predicted octanol–water partition coefficient (Wildman–Crippen LogP) is 3.51. The minimum absolute atomic E-state index is 0.350. The van der Waals surface area contributed by atoms with Crippen molar-refractivity contribution in [2.24, 2.45) is 0 Å². The lowest BCUT2D eigenvalue weighted by molar-refractivity contribution is 0.112. The van der Waals surface area contributed by atoms with Gasteiger partial charge in [0.2, 0.25) is 0 Å². The van der Waals surface area contributed by atoms with Gasteiger partial charge in [0, 0.05) is 11.8 Å². The van der Waals surface area contributed by atoms with Crippen LogP contribution in [0.2, 0.25) is 5.02 Å². The highest BCUT2D eigenvalue weighted by Gasteiger charge is 2.12. The average Bonchev–Trinajstić information content (AvgIpc) is 2.82. The molecule has 0 unspecified atom stereocenters. The van der Waals surface area contributed by atoms with Gasteiger partial charge in [0.25, 0.3) is 0 Å².